The van der Waals surface area contributed by atoms with Gasteiger partial charge in [-0.15, -0.1) is 0 Å². The van der Waals surface area contributed by atoms with Gasteiger partial charge >= 0.3 is 5.97 Å². The van der Waals surface area contributed by atoms with E-state index in [1.54, 1.807) is 19.1 Å². The lowest BCUT2D eigenvalue weighted by atomic mass is 9.91. The number of hydrogen-bond donors (Lipinski definition) is 2. The van der Waals surface area contributed by atoms with Gasteiger partial charge in [0.05, 0.1) is 14.2 Å². The zero-order valence-corrected chi connectivity index (χ0v) is 11.1. The van der Waals surface area contributed by atoms with E-state index in [2.05, 4.69) is 5.32 Å². The molecule has 0 aliphatic heterocycles. The molecule has 0 heterocycles. The number of likely N-dealkylation sites (N-methyl/N-ethyl adjacent to an activating group) is 1. The number of phenolic OH excluding ortho intramolecular Hbond substituents is 1. The van der Waals surface area contributed by atoms with Crippen LogP contribution in [0.25, 0.3) is 0 Å². The van der Waals surface area contributed by atoms with Gasteiger partial charge < -0.3 is 14.6 Å². The van der Waals surface area contributed by atoms with E-state index in [4.69, 9.17) is 9.47 Å². The summed E-state index contributed by atoms with van der Waals surface area (Å²) in [6, 6.07) is 4.78. The Balaban J connectivity index is 3.25. The molecule has 1 aromatic carbocycles. The summed E-state index contributed by atoms with van der Waals surface area (Å²) in [6.07, 6.45) is 0. The highest BCUT2D eigenvalue weighted by Crippen LogP contribution is 2.32. The fourth-order valence-corrected chi connectivity index (χ4v) is 1.84. The van der Waals surface area contributed by atoms with Crippen molar-refractivity contribution in [3.05, 3.63) is 23.8 Å². The first-order valence-corrected chi connectivity index (χ1v) is 5.70. The second-order valence-corrected chi connectivity index (χ2v) is 4.03. The van der Waals surface area contributed by atoms with Crippen molar-refractivity contribution in [2.75, 3.05) is 20.8 Å². The van der Waals surface area contributed by atoms with Crippen molar-refractivity contribution in [3.8, 4) is 11.5 Å². The molecule has 5 nitrogen and oxygen atoms in total. The molecule has 1 atom stereocenters. The summed E-state index contributed by atoms with van der Waals surface area (Å²) >= 11 is 0. The maximum absolute atomic E-state index is 11.9. The van der Waals surface area contributed by atoms with Crippen molar-refractivity contribution in [2.45, 2.75) is 19.4 Å². The SMILES string of the molecule is CCNC(C)(C(=O)OC)c1ccc(O)c(OC)c1. The van der Waals surface area contributed by atoms with E-state index < -0.39 is 11.5 Å². The first kappa shape index (κ1) is 14.3. The van der Waals surface area contributed by atoms with Crippen LogP contribution in [0.5, 0.6) is 11.5 Å². The zero-order chi connectivity index (χ0) is 13.8. The summed E-state index contributed by atoms with van der Waals surface area (Å²) in [5, 5.41) is 12.6. The normalized spacial score (nSPS) is 13.8. The minimum atomic E-state index is -0.968. The van der Waals surface area contributed by atoms with Crippen LogP contribution in [0.3, 0.4) is 0 Å². The third-order valence-electron chi connectivity index (χ3n) is 2.88. The quantitative estimate of drug-likeness (QED) is 0.776. The van der Waals surface area contributed by atoms with Crippen LogP contribution in [0.1, 0.15) is 19.4 Å². The van der Waals surface area contributed by atoms with Gasteiger partial charge in [0.2, 0.25) is 0 Å². The fourth-order valence-electron chi connectivity index (χ4n) is 1.84. The average Bonchev–Trinajstić information content (AvgIpc) is 2.38. The standard InChI is InChI=1S/C13H19NO4/c1-5-14-13(2,12(16)18-4)9-6-7-10(15)11(8-9)17-3/h6-8,14-15H,5H2,1-4H3. The number of esters is 1. The Bertz CT molecular complexity index is 433. The molecule has 0 saturated carbocycles. The zero-order valence-electron chi connectivity index (χ0n) is 11.1. The molecule has 0 radical (unpaired) electrons. The second-order valence-electron chi connectivity index (χ2n) is 4.03. The molecule has 0 bridgehead atoms. The first-order chi connectivity index (χ1) is 8.49. The van der Waals surface area contributed by atoms with E-state index in [1.165, 1.54) is 20.3 Å². The van der Waals surface area contributed by atoms with Crippen LogP contribution in [0, 0.1) is 0 Å². The molecule has 1 unspecified atom stereocenters. The van der Waals surface area contributed by atoms with Crippen molar-refractivity contribution < 1.29 is 19.4 Å². The van der Waals surface area contributed by atoms with Crippen molar-refractivity contribution >= 4 is 5.97 Å². The summed E-state index contributed by atoms with van der Waals surface area (Å²) in [4.78, 5) is 11.9. The summed E-state index contributed by atoms with van der Waals surface area (Å²) < 4.78 is 9.86. The third kappa shape index (κ3) is 2.56. The number of methoxy groups -OCH3 is 2. The molecule has 0 aliphatic rings. The molecule has 5 heteroatoms. The van der Waals surface area contributed by atoms with Crippen LogP contribution in [0.2, 0.25) is 0 Å². The number of hydrogen-bond acceptors (Lipinski definition) is 5. The van der Waals surface area contributed by atoms with E-state index in [0.717, 1.165) is 0 Å². The molecule has 0 aromatic heterocycles. The van der Waals surface area contributed by atoms with Gasteiger partial charge in [-0.05, 0) is 31.2 Å². The van der Waals surface area contributed by atoms with Crippen molar-refractivity contribution in [2.24, 2.45) is 0 Å². The van der Waals surface area contributed by atoms with Gasteiger partial charge in [0.15, 0.2) is 11.5 Å². The lowest BCUT2D eigenvalue weighted by Gasteiger charge is -2.28. The number of ether oxygens (including phenoxy) is 2. The van der Waals surface area contributed by atoms with Gasteiger partial charge in [-0.2, -0.15) is 0 Å². The summed E-state index contributed by atoms with van der Waals surface area (Å²) in [6.45, 7) is 4.24. The summed E-state index contributed by atoms with van der Waals surface area (Å²) in [5.74, 6) is -0.0393. The van der Waals surface area contributed by atoms with Gasteiger partial charge in [0.1, 0.15) is 5.54 Å². The molecule has 0 spiro atoms. The lowest BCUT2D eigenvalue weighted by Crippen LogP contribution is -2.47. The fraction of sp³-hybridized carbons (Fsp3) is 0.462. The molecular formula is C13H19NO4. The van der Waals surface area contributed by atoms with Gasteiger partial charge in [-0.25, -0.2) is 4.79 Å². The molecule has 0 fully saturated rings. The number of phenols is 1. The second kappa shape index (κ2) is 5.73. The Morgan fingerprint density at radius 1 is 1.44 bits per heavy atom. The molecule has 0 saturated heterocycles. The van der Waals surface area contributed by atoms with E-state index in [9.17, 15) is 9.90 Å². The van der Waals surface area contributed by atoms with Gasteiger partial charge in [0.25, 0.3) is 0 Å². The van der Waals surface area contributed by atoms with Crippen LogP contribution in [-0.2, 0) is 15.1 Å². The van der Waals surface area contributed by atoms with Crippen LogP contribution in [0.4, 0.5) is 0 Å². The highest BCUT2D eigenvalue weighted by Gasteiger charge is 2.36. The van der Waals surface area contributed by atoms with Crippen LogP contribution >= 0.6 is 0 Å². The van der Waals surface area contributed by atoms with E-state index >= 15 is 0 Å². The molecule has 100 valence electrons. The highest BCUT2D eigenvalue weighted by atomic mass is 16.5. The number of carbonyl (C=O) groups excluding carboxylic acids is 1. The molecular weight excluding hydrogens is 234 g/mol. The Morgan fingerprint density at radius 3 is 2.61 bits per heavy atom. The van der Waals surface area contributed by atoms with E-state index in [0.29, 0.717) is 17.9 Å². The Morgan fingerprint density at radius 2 is 2.11 bits per heavy atom. The number of benzene rings is 1. The number of nitrogens with one attached hydrogen (secondary N) is 1. The minimum Gasteiger partial charge on any atom is -0.504 e. The van der Waals surface area contributed by atoms with Crippen molar-refractivity contribution in [3.63, 3.8) is 0 Å². The maximum Gasteiger partial charge on any atom is 0.330 e. The predicted octanol–water partition coefficient (Wildman–Crippen LogP) is 1.40. The first-order valence-electron chi connectivity index (χ1n) is 5.70. The molecule has 1 aromatic rings. The lowest BCUT2D eigenvalue weighted by molar-refractivity contribution is -0.148. The van der Waals surface area contributed by atoms with Crippen LogP contribution in [0.15, 0.2) is 18.2 Å². The van der Waals surface area contributed by atoms with Crippen molar-refractivity contribution in [1.82, 2.24) is 5.32 Å². The summed E-state index contributed by atoms with van der Waals surface area (Å²) in [7, 11) is 2.80. The monoisotopic (exact) mass is 253 g/mol. The maximum atomic E-state index is 11.9. The Kier molecular flexibility index (Phi) is 4.55. The molecule has 2 N–H and O–H groups in total. The Hall–Kier alpha value is -1.75. The largest absolute Gasteiger partial charge is 0.504 e. The van der Waals surface area contributed by atoms with Gasteiger partial charge in [-0.3, -0.25) is 5.32 Å². The highest BCUT2D eigenvalue weighted by molar-refractivity contribution is 5.82. The third-order valence-corrected chi connectivity index (χ3v) is 2.88. The van der Waals surface area contributed by atoms with E-state index in [-0.39, 0.29) is 5.75 Å². The van der Waals surface area contributed by atoms with Crippen LogP contribution in [-0.4, -0.2) is 31.8 Å². The van der Waals surface area contributed by atoms with Gasteiger partial charge in [-0.1, -0.05) is 13.0 Å². The average molecular weight is 253 g/mol. The predicted molar refractivity (Wildman–Crippen MR) is 67.7 cm³/mol. The van der Waals surface area contributed by atoms with Gasteiger partial charge in [0, 0.05) is 0 Å². The number of aromatic hydroxyl groups is 1. The molecule has 0 aliphatic carbocycles. The molecule has 0 amide bonds. The number of rotatable bonds is 5. The van der Waals surface area contributed by atoms with Crippen molar-refractivity contribution in [1.29, 1.82) is 0 Å². The summed E-state index contributed by atoms with van der Waals surface area (Å²) in [5.41, 5.74) is -0.296. The minimum absolute atomic E-state index is 0.0324. The molecule has 1 rings (SSSR count). The van der Waals surface area contributed by atoms with E-state index in [1.807, 2.05) is 6.92 Å². The van der Waals surface area contributed by atoms with Crippen LogP contribution < -0.4 is 10.1 Å². The smallest absolute Gasteiger partial charge is 0.330 e. The topological polar surface area (TPSA) is 67.8 Å². The Labute approximate surface area is 107 Å². The number of carbonyl (C=O) groups is 1. The molecule has 18 heavy (non-hydrogen) atoms.